The van der Waals surface area contributed by atoms with Gasteiger partial charge < -0.3 is 5.11 Å². The molecule has 0 aliphatic heterocycles. The SMILES string of the molecule is CCCCCCCCCC(O)CSc1ccc(C)cc1. The van der Waals surface area contributed by atoms with Gasteiger partial charge in [0.15, 0.2) is 0 Å². The van der Waals surface area contributed by atoms with Crippen LogP contribution in [0.1, 0.15) is 63.9 Å². The lowest BCUT2D eigenvalue weighted by Crippen LogP contribution is -2.09. The zero-order valence-electron chi connectivity index (χ0n) is 13.1. The lowest BCUT2D eigenvalue weighted by molar-refractivity contribution is 0.185. The molecule has 0 bridgehead atoms. The molecule has 0 saturated heterocycles. The van der Waals surface area contributed by atoms with Crippen molar-refractivity contribution < 1.29 is 5.11 Å². The minimum absolute atomic E-state index is 0.156. The maximum absolute atomic E-state index is 9.99. The van der Waals surface area contributed by atoms with Crippen LogP contribution in [-0.4, -0.2) is 17.0 Å². The molecule has 1 unspecified atom stereocenters. The van der Waals surface area contributed by atoms with Crippen molar-refractivity contribution in [1.82, 2.24) is 0 Å². The molecule has 1 atom stereocenters. The van der Waals surface area contributed by atoms with E-state index in [0.717, 1.165) is 12.2 Å². The van der Waals surface area contributed by atoms with Crippen LogP contribution in [-0.2, 0) is 0 Å². The van der Waals surface area contributed by atoms with E-state index < -0.39 is 0 Å². The van der Waals surface area contributed by atoms with E-state index in [4.69, 9.17) is 0 Å². The first-order chi connectivity index (χ1) is 9.72. The number of aliphatic hydroxyl groups excluding tert-OH is 1. The van der Waals surface area contributed by atoms with Crippen molar-refractivity contribution in [3.63, 3.8) is 0 Å². The van der Waals surface area contributed by atoms with Crippen molar-refractivity contribution in [2.24, 2.45) is 0 Å². The van der Waals surface area contributed by atoms with Crippen LogP contribution >= 0.6 is 11.8 Å². The summed E-state index contributed by atoms with van der Waals surface area (Å²) < 4.78 is 0. The molecule has 20 heavy (non-hydrogen) atoms. The second-order valence-corrected chi connectivity index (χ2v) is 6.78. The van der Waals surface area contributed by atoms with E-state index in [-0.39, 0.29) is 6.10 Å². The largest absolute Gasteiger partial charge is 0.392 e. The summed E-state index contributed by atoms with van der Waals surface area (Å²) in [7, 11) is 0. The van der Waals surface area contributed by atoms with Crippen LogP contribution in [0.5, 0.6) is 0 Å². The second-order valence-electron chi connectivity index (χ2n) is 5.69. The highest BCUT2D eigenvalue weighted by Gasteiger charge is 2.05. The summed E-state index contributed by atoms with van der Waals surface area (Å²) in [4.78, 5) is 1.26. The van der Waals surface area contributed by atoms with Gasteiger partial charge in [-0.3, -0.25) is 0 Å². The molecule has 0 aromatic heterocycles. The molecule has 0 aliphatic rings. The smallest absolute Gasteiger partial charge is 0.0634 e. The summed E-state index contributed by atoms with van der Waals surface area (Å²) in [6.45, 7) is 4.35. The highest BCUT2D eigenvalue weighted by atomic mass is 32.2. The van der Waals surface area contributed by atoms with Crippen LogP contribution in [0, 0.1) is 6.92 Å². The minimum Gasteiger partial charge on any atom is -0.392 e. The Bertz CT molecular complexity index is 334. The van der Waals surface area contributed by atoms with Crippen molar-refractivity contribution in [3.05, 3.63) is 29.8 Å². The number of thioether (sulfide) groups is 1. The van der Waals surface area contributed by atoms with Crippen molar-refractivity contribution in [3.8, 4) is 0 Å². The van der Waals surface area contributed by atoms with Gasteiger partial charge in [-0.05, 0) is 25.5 Å². The summed E-state index contributed by atoms with van der Waals surface area (Å²) in [6, 6.07) is 8.54. The Kier molecular flexibility index (Phi) is 9.86. The molecular formula is C18H30OS. The second kappa shape index (κ2) is 11.2. The Morgan fingerprint density at radius 2 is 1.55 bits per heavy atom. The summed E-state index contributed by atoms with van der Waals surface area (Å²) in [5.74, 6) is 0.818. The van der Waals surface area contributed by atoms with Crippen LogP contribution in [0.15, 0.2) is 29.2 Å². The minimum atomic E-state index is -0.156. The van der Waals surface area contributed by atoms with Crippen molar-refractivity contribution in [2.45, 2.75) is 76.2 Å². The van der Waals surface area contributed by atoms with Crippen LogP contribution < -0.4 is 0 Å². The van der Waals surface area contributed by atoms with Crippen molar-refractivity contribution in [1.29, 1.82) is 0 Å². The van der Waals surface area contributed by atoms with Gasteiger partial charge >= 0.3 is 0 Å². The summed E-state index contributed by atoms with van der Waals surface area (Å²) in [5.41, 5.74) is 1.29. The summed E-state index contributed by atoms with van der Waals surface area (Å²) >= 11 is 1.76. The zero-order chi connectivity index (χ0) is 14.6. The number of hydrogen-bond donors (Lipinski definition) is 1. The number of benzene rings is 1. The molecule has 1 aromatic rings. The summed E-state index contributed by atoms with van der Waals surface area (Å²) in [5, 5.41) is 9.99. The van der Waals surface area contributed by atoms with E-state index in [9.17, 15) is 5.11 Å². The molecule has 1 nitrogen and oxygen atoms in total. The number of hydrogen-bond acceptors (Lipinski definition) is 2. The molecule has 0 radical (unpaired) electrons. The number of unbranched alkanes of at least 4 members (excludes halogenated alkanes) is 6. The van der Waals surface area contributed by atoms with Gasteiger partial charge in [0.25, 0.3) is 0 Å². The van der Waals surface area contributed by atoms with E-state index in [1.807, 2.05) is 0 Å². The fraction of sp³-hybridized carbons (Fsp3) is 0.667. The Balaban J connectivity index is 2.00. The van der Waals surface area contributed by atoms with Crippen LogP contribution in [0.25, 0.3) is 0 Å². The van der Waals surface area contributed by atoms with Gasteiger partial charge in [-0.25, -0.2) is 0 Å². The fourth-order valence-corrected chi connectivity index (χ4v) is 3.13. The highest BCUT2D eigenvalue weighted by Crippen LogP contribution is 2.20. The molecule has 2 heteroatoms. The van der Waals surface area contributed by atoms with Gasteiger partial charge in [0.05, 0.1) is 6.10 Å². The molecule has 0 fully saturated rings. The van der Waals surface area contributed by atoms with Gasteiger partial charge in [0, 0.05) is 10.6 Å². The Morgan fingerprint density at radius 3 is 2.20 bits per heavy atom. The first kappa shape index (κ1) is 17.6. The average molecular weight is 295 g/mol. The van der Waals surface area contributed by atoms with Crippen LogP contribution in [0.3, 0.4) is 0 Å². The van der Waals surface area contributed by atoms with Gasteiger partial charge in [-0.15, -0.1) is 11.8 Å². The predicted octanol–water partition coefficient (Wildman–Crippen LogP) is 5.59. The van der Waals surface area contributed by atoms with Gasteiger partial charge in [-0.1, -0.05) is 69.6 Å². The first-order valence-electron chi connectivity index (χ1n) is 8.10. The molecule has 0 amide bonds. The average Bonchev–Trinajstić information content (AvgIpc) is 2.46. The molecule has 1 aromatic carbocycles. The molecule has 1 N–H and O–H groups in total. The molecular weight excluding hydrogens is 264 g/mol. The van der Waals surface area contributed by atoms with Crippen molar-refractivity contribution >= 4 is 11.8 Å². The van der Waals surface area contributed by atoms with Gasteiger partial charge in [-0.2, -0.15) is 0 Å². The van der Waals surface area contributed by atoms with Gasteiger partial charge in [0.2, 0.25) is 0 Å². The Labute approximate surface area is 129 Å². The first-order valence-corrected chi connectivity index (χ1v) is 9.08. The van der Waals surface area contributed by atoms with E-state index >= 15 is 0 Å². The lowest BCUT2D eigenvalue weighted by atomic mass is 10.1. The van der Waals surface area contributed by atoms with E-state index in [1.165, 1.54) is 55.4 Å². The Morgan fingerprint density at radius 1 is 0.950 bits per heavy atom. The van der Waals surface area contributed by atoms with E-state index in [0.29, 0.717) is 0 Å². The van der Waals surface area contributed by atoms with E-state index in [2.05, 4.69) is 38.1 Å². The topological polar surface area (TPSA) is 20.2 Å². The third kappa shape index (κ3) is 8.65. The van der Waals surface area contributed by atoms with E-state index in [1.54, 1.807) is 11.8 Å². The third-order valence-electron chi connectivity index (χ3n) is 3.60. The monoisotopic (exact) mass is 294 g/mol. The normalized spacial score (nSPS) is 12.6. The van der Waals surface area contributed by atoms with Gasteiger partial charge in [0.1, 0.15) is 0 Å². The van der Waals surface area contributed by atoms with Crippen LogP contribution in [0.2, 0.25) is 0 Å². The zero-order valence-corrected chi connectivity index (χ0v) is 13.9. The molecule has 0 aliphatic carbocycles. The number of aliphatic hydroxyl groups is 1. The highest BCUT2D eigenvalue weighted by molar-refractivity contribution is 7.99. The Hall–Kier alpha value is -0.470. The third-order valence-corrected chi connectivity index (χ3v) is 4.76. The maximum atomic E-state index is 9.99. The molecule has 0 spiro atoms. The number of rotatable bonds is 11. The molecule has 0 heterocycles. The van der Waals surface area contributed by atoms with Crippen molar-refractivity contribution in [2.75, 3.05) is 5.75 Å². The molecule has 1 rings (SSSR count). The maximum Gasteiger partial charge on any atom is 0.0634 e. The standard InChI is InChI=1S/C18H30OS/c1-3-4-5-6-7-8-9-10-17(19)15-20-18-13-11-16(2)12-14-18/h11-14,17,19H,3-10,15H2,1-2H3. The quantitative estimate of drug-likeness (QED) is 0.424. The number of aryl methyl sites for hydroxylation is 1. The fourth-order valence-electron chi connectivity index (χ4n) is 2.25. The molecule has 0 saturated carbocycles. The van der Waals surface area contributed by atoms with Crippen LogP contribution in [0.4, 0.5) is 0 Å². The summed E-state index contributed by atoms with van der Waals surface area (Å²) in [6.07, 6.45) is 9.99. The predicted molar refractivity (Wildman–Crippen MR) is 90.5 cm³/mol. The lowest BCUT2D eigenvalue weighted by Gasteiger charge is -2.10. The molecule has 114 valence electrons.